The fraction of sp³-hybridized carbons (Fsp3) is 0.250. The van der Waals surface area contributed by atoms with Crippen LogP contribution < -0.4 is 5.32 Å². The van der Waals surface area contributed by atoms with Crippen LogP contribution >= 0.6 is 0 Å². The third-order valence-electron chi connectivity index (χ3n) is 3.32. The zero-order chi connectivity index (χ0) is 15.5. The average Bonchev–Trinajstić information content (AvgIpc) is 2.91. The highest BCUT2D eigenvalue weighted by Crippen LogP contribution is 2.11. The Morgan fingerprint density at radius 2 is 1.77 bits per heavy atom. The number of nitrogens with zero attached hydrogens (tertiary/aromatic N) is 5. The molecule has 0 saturated heterocycles. The Kier molecular flexibility index (Phi) is 3.82. The first-order valence-corrected chi connectivity index (χ1v) is 7.13. The molecule has 3 rings (SSSR count). The summed E-state index contributed by atoms with van der Waals surface area (Å²) < 4.78 is 1.96. The second-order valence-electron chi connectivity index (χ2n) is 5.19. The number of anilines is 1. The molecule has 0 aliphatic rings. The van der Waals surface area contributed by atoms with Gasteiger partial charge in [0, 0.05) is 36.5 Å². The third-order valence-corrected chi connectivity index (χ3v) is 3.32. The van der Waals surface area contributed by atoms with E-state index in [1.165, 1.54) is 0 Å². The Morgan fingerprint density at radius 1 is 1.00 bits per heavy atom. The number of pyridine rings is 1. The van der Waals surface area contributed by atoms with Gasteiger partial charge in [-0.3, -0.25) is 4.57 Å². The molecule has 3 aromatic rings. The van der Waals surface area contributed by atoms with Crippen LogP contribution in [0, 0.1) is 20.8 Å². The zero-order valence-electron chi connectivity index (χ0n) is 12.9. The lowest BCUT2D eigenvalue weighted by atomic mass is 10.2. The topological polar surface area (TPSA) is 68.5 Å². The minimum Gasteiger partial charge on any atom is -0.350 e. The molecule has 0 aliphatic carbocycles. The van der Waals surface area contributed by atoms with Crippen molar-refractivity contribution in [2.75, 3.05) is 5.32 Å². The molecule has 6 nitrogen and oxygen atoms in total. The molecule has 112 valence electrons. The van der Waals surface area contributed by atoms with Crippen molar-refractivity contribution in [1.82, 2.24) is 24.5 Å². The molecule has 0 aliphatic heterocycles. The molecule has 1 N–H and O–H groups in total. The summed E-state index contributed by atoms with van der Waals surface area (Å²) in [5.74, 6) is 2.42. The van der Waals surface area contributed by atoms with Crippen LogP contribution in [0.2, 0.25) is 0 Å². The molecule has 0 saturated carbocycles. The average molecular weight is 294 g/mol. The van der Waals surface area contributed by atoms with Crippen molar-refractivity contribution >= 4 is 5.95 Å². The Hall–Kier alpha value is -2.76. The van der Waals surface area contributed by atoms with Crippen molar-refractivity contribution in [3.8, 4) is 5.82 Å². The van der Waals surface area contributed by atoms with Crippen LogP contribution in [0.5, 0.6) is 0 Å². The first-order chi connectivity index (χ1) is 10.6. The Morgan fingerprint density at radius 3 is 2.45 bits per heavy atom. The molecule has 6 heteroatoms. The molecule has 0 spiro atoms. The van der Waals surface area contributed by atoms with Crippen LogP contribution in [-0.4, -0.2) is 24.5 Å². The number of aromatic nitrogens is 5. The van der Waals surface area contributed by atoms with Gasteiger partial charge in [-0.25, -0.2) is 19.9 Å². The van der Waals surface area contributed by atoms with Crippen LogP contribution in [0.1, 0.15) is 22.8 Å². The molecule has 0 amide bonds. The maximum Gasteiger partial charge on any atom is 0.223 e. The fourth-order valence-corrected chi connectivity index (χ4v) is 2.31. The van der Waals surface area contributed by atoms with Gasteiger partial charge in [0.15, 0.2) is 0 Å². The van der Waals surface area contributed by atoms with Crippen LogP contribution in [0.25, 0.3) is 5.82 Å². The standard InChI is InChI=1S/C16H18N6/c1-11-8-12(2)21-16(20-11)19-10-14-4-5-18-15(9-14)22-7-6-17-13(22)3/h4-9H,10H2,1-3H3,(H,19,20,21). The van der Waals surface area contributed by atoms with E-state index in [1.807, 2.05) is 49.7 Å². The van der Waals surface area contributed by atoms with E-state index < -0.39 is 0 Å². The van der Waals surface area contributed by atoms with Crippen LogP contribution in [0.4, 0.5) is 5.95 Å². The summed E-state index contributed by atoms with van der Waals surface area (Å²) in [6.07, 6.45) is 5.47. The summed E-state index contributed by atoms with van der Waals surface area (Å²) >= 11 is 0. The van der Waals surface area contributed by atoms with E-state index >= 15 is 0 Å². The quantitative estimate of drug-likeness (QED) is 0.801. The maximum absolute atomic E-state index is 4.39. The molecule has 3 heterocycles. The summed E-state index contributed by atoms with van der Waals surface area (Å²) in [6.45, 7) is 6.53. The van der Waals surface area contributed by atoms with Gasteiger partial charge in [0.05, 0.1) is 0 Å². The zero-order valence-corrected chi connectivity index (χ0v) is 12.9. The van der Waals surface area contributed by atoms with E-state index in [-0.39, 0.29) is 0 Å². The Balaban J connectivity index is 1.77. The van der Waals surface area contributed by atoms with Gasteiger partial charge in [-0.1, -0.05) is 0 Å². The first kappa shape index (κ1) is 14.2. The molecular weight excluding hydrogens is 276 g/mol. The van der Waals surface area contributed by atoms with Gasteiger partial charge in [-0.15, -0.1) is 0 Å². The summed E-state index contributed by atoms with van der Waals surface area (Å²) in [6, 6.07) is 5.97. The predicted octanol–water partition coefficient (Wildman–Crippen LogP) is 2.59. The molecule has 0 bridgehead atoms. The molecule has 22 heavy (non-hydrogen) atoms. The number of hydrogen-bond donors (Lipinski definition) is 1. The lowest BCUT2D eigenvalue weighted by Crippen LogP contribution is -2.06. The number of imidazole rings is 1. The molecule has 0 radical (unpaired) electrons. The van der Waals surface area contributed by atoms with Crippen LogP contribution in [-0.2, 0) is 6.54 Å². The maximum atomic E-state index is 4.39. The predicted molar refractivity (Wildman–Crippen MR) is 84.9 cm³/mol. The lowest BCUT2D eigenvalue weighted by Gasteiger charge is -2.09. The lowest BCUT2D eigenvalue weighted by molar-refractivity contribution is 0.922. The second kappa shape index (κ2) is 5.93. The monoisotopic (exact) mass is 294 g/mol. The summed E-state index contributed by atoms with van der Waals surface area (Å²) in [4.78, 5) is 17.4. The van der Waals surface area contributed by atoms with Crippen molar-refractivity contribution < 1.29 is 0 Å². The van der Waals surface area contributed by atoms with E-state index in [1.54, 1.807) is 12.4 Å². The normalized spacial score (nSPS) is 10.7. The largest absolute Gasteiger partial charge is 0.350 e. The SMILES string of the molecule is Cc1cc(C)nc(NCc2ccnc(-n3ccnc3C)c2)n1. The van der Waals surface area contributed by atoms with E-state index in [4.69, 9.17) is 0 Å². The Bertz CT molecular complexity index is 773. The molecule has 3 aromatic heterocycles. The molecule has 0 atom stereocenters. The molecule has 0 unspecified atom stereocenters. The highest BCUT2D eigenvalue weighted by Gasteiger charge is 2.04. The van der Waals surface area contributed by atoms with Gasteiger partial charge >= 0.3 is 0 Å². The van der Waals surface area contributed by atoms with Gasteiger partial charge in [0.25, 0.3) is 0 Å². The van der Waals surface area contributed by atoms with Crippen LogP contribution in [0.15, 0.2) is 36.8 Å². The minimum atomic E-state index is 0.645. The number of nitrogens with one attached hydrogen (secondary N) is 1. The van der Waals surface area contributed by atoms with Gasteiger partial charge < -0.3 is 5.32 Å². The number of hydrogen-bond acceptors (Lipinski definition) is 5. The van der Waals surface area contributed by atoms with Gasteiger partial charge in [-0.2, -0.15) is 0 Å². The second-order valence-corrected chi connectivity index (χ2v) is 5.19. The van der Waals surface area contributed by atoms with Crippen molar-refractivity contribution in [2.45, 2.75) is 27.3 Å². The molecule has 0 aromatic carbocycles. The fourth-order valence-electron chi connectivity index (χ4n) is 2.31. The summed E-state index contributed by atoms with van der Waals surface area (Å²) in [5, 5.41) is 3.25. The number of rotatable bonds is 4. The van der Waals surface area contributed by atoms with E-state index in [0.29, 0.717) is 12.5 Å². The minimum absolute atomic E-state index is 0.645. The summed E-state index contributed by atoms with van der Waals surface area (Å²) in [7, 11) is 0. The Labute approximate surface area is 129 Å². The molecule has 0 fully saturated rings. The smallest absolute Gasteiger partial charge is 0.223 e. The van der Waals surface area contributed by atoms with Gasteiger partial charge in [-0.05, 0) is 44.5 Å². The summed E-state index contributed by atoms with van der Waals surface area (Å²) in [5.41, 5.74) is 3.03. The van der Waals surface area contributed by atoms with Crippen molar-refractivity contribution in [3.63, 3.8) is 0 Å². The van der Waals surface area contributed by atoms with Gasteiger partial charge in [0.1, 0.15) is 11.6 Å². The highest BCUT2D eigenvalue weighted by molar-refractivity contribution is 5.33. The van der Waals surface area contributed by atoms with Crippen molar-refractivity contribution in [3.05, 3.63) is 59.6 Å². The number of aryl methyl sites for hydroxylation is 3. The van der Waals surface area contributed by atoms with E-state index in [0.717, 1.165) is 28.6 Å². The van der Waals surface area contributed by atoms with E-state index in [2.05, 4.69) is 25.3 Å². The third kappa shape index (κ3) is 3.11. The van der Waals surface area contributed by atoms with E-state index in [9.17, 15) is 0 Å². The van der Waals surface area contributed by atoms with Gasteiger partial charge in [0.2, 0.25) is 5.95 Å². The van der Waals surface area contributed by atoms with Crippen molar-refractivity contribution in [1.29, 1.82) is 0 Å². The molecular formula is C16H18N6. The highest BCUT2D eigenvalue weighted by atomic mass is 15.1. The first-order valence-electron chi connectivity index (χ1n) is 7.13. The van der Waals surface area contributed by atoms with Crippen LogP contribution in [0.3, 0.4) is 0 Å². The van der Waals surface area contributed by atoms with Crippen molar-refractivity contribution in [2.24, 2.45) is 0 Å².